The Morgan fingerprint density at radius 1 is 1.24 bits per heavy atom. The molecule has 1 spiro atoms. The van der Waals surface area contributed by atoms with E-state index in [1.54, 1.807) is 18.2 Å². The van der Waals surface area contributed by atoms with Crippen molar-refractivity contribution in [1.29, 1.82) is 0 Å². The minimum absolute atomic E-state index is 0.177. The van der Waals surface area contributed by atoms with Gasteiger partial charge in [-0.1, -0.05) is 24.9 Å². The number of amides is 3. The molecule has 1 aromatic rings. The third-order valence-electron chi connectivity index (χ3n) is 5.65. The highest BCUT2D eigenvalue weighted by Crippen LogP contribution is 2.53. The molecule has 2 fully saturated rings. The monoisotopic (exact) mass is 361 g/mol. The molecular formula is C18H20ClN3O3. The van der Waals surface area contributed by atoms with Crippen LogP contribution in [-0.4, -0.2) is 35.2 Å². The van der Waals surface area contributed by atoms with Gasteiger partial charge in [0.25, 0.3) is 0 Å². The van der Waals surface area contributed by atoms with Crippen LogP contribution in [0.15, 0.2) is 18.2 Å². The zero-order valence-corrected chi connectivity index (χ0v) is 14.9. The summed E-state index contributed by atoms with van der Waals surface area (Å²) >= 11 is 6.15. The first-order valence-electron chi connectivity index (χ1n) is 8.66. The van der Waals surface area contributed by atoms with Gasteiger partial charge in [0, 0.05) is 28.9 Å². The summed E-state index contributed by atoms with van der Waals surface area (Å²) in [5.41, 5.74) is 0.0720. The zero-order chi connectivity index (χ0) is 17.9. The Kier molecular flexibility index (Phi) is 3.67. The van der Waals surface area contributed by atoms with Crippen LogP contribution in [0, 0.1) is 11.8 Å². The lowest BCUT2D eigenvalue weighted by Gasteiger charge is -2.29. The minimum atomic E-state index is -1.22. The largest absolute Gasteiger partial charge is 0.324 e. The number of hydrogen-bond donors (Lipinski definition) is 2. The quantitative estimate of drug-likeness (QED) is 0.806. The van der Waals surface area contributed by atoms with Crippen LogP contribution in [-0.2, 0) is 19.9 Å². The molecule has 25 heavy (non-hydrogen) atoms. The number of rotatable bonds is 3. The van der Waals surface area contributed by atoms with E-state index in [0.29, 0.717) is 22.8 Å². The zero-order valence-electron chi connectivity index (χ0n) is 14.1. The van der Waals surface area contributed by atoms with Gasteiger partial charge in [0.15, 0.2) is 0 Å². The van der Waals surface area contributed by atoms with Gasteiger partial charge in [0.1, 0.15) is 5.54 Å². The van der Waals surface area contributed by atoms with Crippen LogP contribution in [0.25, 0.3) is 0 Å². The molecule has 132 valence electrons. The number of unbranched alkanes of at least 4 members (excludes halogenated alkanes) is 1. The topological polar surface area (TPSA) is 78.5 Å². The van der Waals surface area contributed by atoms with Gasteiger partial charge in [-0.3, -0.25) is 24.6 Å². The molecule has 0 bridgehead atoms. The molecule has 0 aromatic heterocycles. The van der Waals surface area contributed by atoms with Crippen molar-refractivity contribution >= 4 is 35.0 Å². The summed E-state index contributed by atoms with van der Waals surface area (Å²) in [6.45, 7) is 4.28. The maximum atomic E-state index is 13.1. The van der Waals surface area contributed by atoms with E-state index in [9.17, 15) is 14.4 Å². The molecule has 0 saturated carbocycles. The van der Waals surface area contributed by atoms with Crippen molar-refractivity contribution in [3.8, 4) is 0 Å². The average Bonchev–Trinajstić information content (AvgIpc) is 3.12. The number of imide groups is 1. The van der Waals surface area contributed by atoms with Gasteiger partial charge in [-0.25, -0.2) is 0 Å². The lowest BCUT2D eigenvalue weighted by Crippen LogP contribution is -2.53. The summed E-state index contributed by atoms with van der Waals surface area (Å²) in [5, 5.41) is 6.60. The van der Waals surface area contributed by atoms with Crippen molar-refractivity contribution in [2.45, 2.75) is 38.3 Å². The molecule has 3 aliphatic heterocycles. The van der Waals surface area contributed by atoms with Crippen molar-refractivity contribution in [2.24, 2.45) is 11.8 Å². The Morgan fingerprint density at radius 2 is 2.00 bits per heavy atom. The van der Waals surface area contributed by atoms with Crippen LogP contribution in [0.3, 0.4) is 0 Å². The van der Waals surface area contributed by atoms with Crippen LogP contribution in [0.5, 0.6) is 0 Å². The SMILES string of the molecule is CCCCN1C(=O)[C@H]2C(C)NC3(C(=O)Nc4ccc(Cl)cc43)[C@H]2C1=O. The first kappa shape index (κ1) is 16.5. The van der Waals surface area contributed by atoms with Crippen molar-refractivity contribution in [1.82, 2.24) is 10.2 Å². The molecule has 1 aromatic carbocycles. The Labute approximate surface area is 150 Å². The van der Waals surface area contributed by atoms with E-state index in [4.69, 9.17) is 11.6 Å². The van der Waals surface area contributed by atoms with Crippen LogP contribution in [0.2, 0.25) is 5.02 Å². The normalized spacial score (nSPS) is 33.2. The Bertz CT molecular complexity index is 796. The summed E-state index contributed by atoms with van der Waals surface area (Å²) in [4.78, 5) is 40.2. The van der Waals surface area contributed by atoms with Gasteiger partial charge in [0.2, 0.25) is 17.7 Å². The molecule has 2 unspecified atom stereocenters. The molecular weight excluding hydrogens is 342 g/mol. The predicted molar refractivity (Wildman–Crippen MR) is 93.0 cm³/mol. The maximum absolute atomic E-state index is 13.1. The first-order chi connectivity index (χ1) is 11.9. The van der Waals surface area contributed by atoms with Gasteiger partial charge in [-0.2, -0.15) is 0 Å². The highest BCUT2D eigenvalue weighted by molar-refractivity contribution is 6.31. The second-order valence-corrected chi connectivity index (χ2v) is 7.51. The second-order valence-electron chi connectivity index (χ2n) is 7.07. The number of hydrogen-bond acceptors (Lipinski definition) is 4. The fraction of sp³-hybridized carbons (Fsp3) is 0.500. The predicted octanol–water partition coefficient (Wildman–Crippen LogP) is 1.88. The van der Waals surface area contributed by atoms with E-state index in [1.165, 1.54) is 4.90 Å². The van der Waals surface area contributed by atoms with Gasteiger partial charge < -0.3 is 5.32 Å². The number of fused-ring (bicyclic) bond motifs is 4. The van der Waals surface area contributed by atoms with Crippen LogP contribution in [0.4, 0.5) is 5.69 Å². The molecule has 0 radical (unpaired) electrons. The highest BCUT2D eigenvalue weighted by Gasteiger charge is 2.69. The number of nitrogens with one attached hydrogen (secondary N) is 2. The fourth-order valence-electron chi connectivity index (χ4n) is 4.53. The molecule has 3 heterocycles. The molecule has 4 rings (SSSR count). The van der Waals surface area contributed by atoms with E-state index >= 15 is 0 Å². The molecule has 2 N–H and O–H groups in total. The van der Waals surface area contributed by atoms with Gasteiger partial charge >= 0.3 is 0 Å². The Morgan fingerprint density at radius 3 is 2.72 bits per heavy atom. The van der Waals surface area contributed by atoms with Gasteiger partial charge in [-0.15, -0.1) is 0 Å². The summed E-state index contributed by atoms with van der Waals surface area (Å²) < 4.78 is 0. The number of anilines is 1. The Hall–Kier alpha value is -1.92. The number of likely N-dealkylation sites (tertiary alicyclic amines) is 1. The number of halogens is 1. The molecule has 3 amide bonds. The van der Waals surface area contributed by atoms with E-state index in [-0.39, 0.29) is 23.8 Å². The summed E-state index contributed by atoms with van der Waals surface area (Å²) in [6.07, 6.45) is 1.66. The summed E-state index contributed by atoms with van der Waals surface area (Å²) in [5.74, 6) is -1.99. The lowest BCUT2D eigenvalue weighted by atomic mass is 9.76. The summed E-state index contributed by atoms with van der Waals surface area (Å²) in [6, 6.07) is 4.87. The van der Waals surface area contributed by atoms with Crippen LogP contribution < -0.4 is 10.6 Å². The molecule has 3 aliphatic rings. The van der Waals surface area contributed by atoms with Crippen LogP contribution >= 0.6 is 11.6 Å². The van der Waals surface area contributed by atoms with Crippen molar-refractivity contribution in [3.63, 3.8) is 0 Å². The van der Waals surface area contributed by atoms with Gasteiger partial charge in [0.05, 0.1) is 11.8 Å². The van der Waals surface area contributed by atoms with Crippen molar-refractivity contribution < 1.29 is 14.4 Å². The number of carbonyl (C=O) groups excluding carboxylic acids is 3. The van der Waals surface area contributed by atoms with E-state index in [0.717, 1.165) is 12.8 Å². The van der Waals surface area contributed by atoms with E-state index < -0.39 is 17.4 Å². The smallest absolute Gasteiger partial charge is 0.250 e. The minimum Gasteiger partial charge on any atom is -0.324 e. The summed E-state index contributed by atoms with van der Waals surface area (Å²) in [7, 11) is 0. The van der Waals surface area contributed by atoms with E-state index in [1.807, 2.05) is 13.8 Å². The Balaban J connectivity index is 1.83. The third-order valence-corrected chi connectivity index (χ3v) is 5.89. The van der Waals surface area contributed by atoms with Crippen LogP contribution in [0.1, 0.15) is 32.3 Å². The standard InChI is InChI=1S/C18H20ClN3O3/c1-3-4-7-22-15(23)13-9(2)21-18(14(13)16(22)24)11-8-10(19)5-6-12(11)20-17(18)25/h5-6,8-9,13-14,21H,3-4,7H2,1-2H3,(H,20,25)/t9?,13-,14+,18?/m0/s1. The first-order valence-corrected chi connectivity index (χ1v) is 9.04. The van der Waals surface area contributed by atoms with Gasteiger partial charge in [-0.05, 0) is 31.5 Å². The van der Waals surface area contributed by atoms with E-state index in [2.05, 4.69) is 10.6 Å². The number of benzene rings is 1. The van der Waals surface area contributed by atoms with Crippen molar-refractivity contribution in [2.75, 3.05) is 11.9 Å². The third kappa shape index (κ3) is 2.04. The maximum Gasteiger partial charge on any atom is 0.250 e. The number of carbonyl (C=O) groups is 3. The highest BCUT2D eigenvalue weighted by atomic mass is 35.5. The number of nitrogens with zero attached hydrogens (tertiary/aromatic N) is 1. The lowest BCUT2D eigenvalue weighted by molar-refractivity contribution is -0.142. The molecule has 6 nitrogen and oxygen atoms in total. The molecule has 4 atom stereocenters. The molecule has 7 heteroatoms. The fourth-order valence-corrected chi connectivity index (χ4v) is 4.70. The second kappa shape index (κ2) is 5.54. The molecule has 2 saturated heterocycles. The average molecular weight is 362 g/mol. The van der Waals surface area contributed by atoms with Crippen molar-refractivity contribution in [3.05, 3.63) is 28.8 Å². The molecule has 0 aliphatic carbocycles.